The van der Waals surface area contributed by atoms with Crippen LogP contribution in [0.25, 0.3) is 0 Å². The number of hydrogen-bond acceptors (Lipinski definition) is 6. The summed E-state index contributed by atoms with van der Waals surface area (Å²) in [5, 5.41) is 0. The summed E-state index contributed by atoms with van der Waals surface area (Å²) in [5.74, 6) is -1.81. The van der Waals surface area contributed by atoms with E-state index in [4.69, 9.17) is 0 Å². The minimum Gasteiger partial charge on any atom is -0.469 e. The normalized spacial score (nSPS) is 28.0. The number of methoxy groups -OCH3 is 2. The lowest BCUT2D eigenvalue weighted by molar-refractivity contribution is -0.354. The van der Waals surface area contributed by atoms with Crippen LogP contribution in [0.2, 0.25) is 0 Å². The Hall–Kier alpha value is -1.56. The van der Waals surface area contributed by atoms with E-state index in [1.54, 1.807) is 0 Å². The highest BCUT2D eigenvalue weighted by molar-refractivity contribution is 5.73. The predicted molar refractivity (Wildman–Crippen MR) is 71.3 cm³/mol. The van der Waals surface area contributed by atoms with Gasteiger partial charge in [-0.25, -0.2) is 0 Å². The molecule has 152 valence electrons. The number of esters is 2. The van der Waals surface area contributed by atoms with Gasteiger partial charge in [0, 0.05) is 0 Å². The maximum Gasteiger partial charge on any atom is 0.522 e. The number of ether oxygens (including phenoxy) is 4. The lowest BCUT2D eigenvalue weighted by atomic mass is 9.82. The Kier molecular flexibility index (Phi) is 7.69. The topological polar surface area (TPSA) is 71.1 Å². The maximum absolute atomic E-state index is 11.6. The second-order valence-corrected chi connectivity index (χ2v) is 5.75. The van der Waals surface area contributed by atoms with E-state index in [9.17, 15) is 35.9 Å². The molecule has 12 heteroatoms. The number of carbonyl (C=O) groups excluding carboxylic acids is 2. The highest BCUT2D eigenvalue weighted by Crippen LogP contribution is 2.36. The quantitative estimate of drug-likeness (QED) is 0.538. The lowest BCUT2D eigenvalue weighted by Crippen LogP contribution is -2.39. The molecule has 2 rings (SSSR count). The van der Waals surface area contributed by atoms with Crippen LogP contribution in [0.15, 0.2) is 0 Å². The van der Waals surface area contributed by atoms with Gasteiger partial charge in [-0.05, 0) is 25.7 Å². The number of halogens is 6. The van der Waals surface area contributed by atoms with E-state index in [-0.39, 0.29) is 25.7 Å². The van der Waals surface area contributed by atoms with Crippen molar-refractivity contribution in [2.45, 2.75) is 50.6 Å². The fourth-order valence-electron chi connectivity index (χ4n) is 2.42. The van der Waals surface area contributed by atoms with Crippen LogP contribution in [0.5, 0.6) is 0 Å². The number of alkyl halides is 6. The minimum atomic E-state index is -4.61. The van der Waals surface area contributed by atoms with Gasteiger partial charge in [0.1, 0.15) is 0 Å². The Labute approximate surface area is 144 Å². The summed E-state index contributed by atoms with van der Waals surface area (Å²) in [5.41, 5.74) is 0. The molecule has 0 radical (unpaired) electrons. The van der Waals surface area contributed by atoms with Crippen LogP contribution in [-0.2, 0) is 28.5 Å². The maximum atomic E-state index is 11.6. The van der Waals surface area contributed by atoms with Gasteiger partial charge >= 0.3 is 24.7 Å². The van der Waals surface area contributed by atoms with E-state index in [0.29, 0.717) is 0 Å². The average molecular weight is 396 g/mol. The molecule has 0 amide bonds. The SMILES string of the molecule is COC(=O)C1CC(OC(F)(F)F)C1.COC(=O)C1CC(OC(F)(F)F)C1. The van der Waals surface area contributed by atoms with E-state index in [1.165, 1.54) is 14.2 Å². The molecular formula is C14H18F6O6. The highest BCUT2D eigenvalue weighted by atomic mass is 19.4. The van der Waals surface area contributed by atoms with Gasteiger partial charge in [0.2, 0.25) is 0 Å². The van der Waals surface area contributed by atoms with Gasteiger partial charge in [0.25, 0.3) is 0 Å². The molecule has 0 N–H and O–H groups in total. The number of carbonyl (C=O) groups is 2. The number of hydrogen-bond donors (Lipinski definition) is 0. The van der Waals surface area contributed by atoms with Gasteiger partial charge in [-0.15, -0.1) is 26.3 Å². The molecule has 2 aliphatic carbocycles. The minimum absolute atomic E-state index is 0.0895. The molecule has 6 nitrogen and oxygen atoms in total. The Morgan fingerprint density at radius 3 is 1.15 bits per heavy atom. The summed E-state index contributed by atoms with van der Waals surface area (Å²) in [6.07, 6.45) is -10.6. The smallest absolute Gasteiger partial charge is 0.469 e. The molecule has 0 aromatic carbocycles. The summed E-state index contributed by atoms with van der Waals surface area (Å²) in [6.45, 7) is 0. The highest BCUT2D eigenvalue weighted by Gasteiger charge is 2.44. The van der Waals surface area contributed by atoms with Crippen LogP contribution in [0, 0.1) is 11.8 Å². The van der Waals surface area contributed by atoms with Crippen LogP contribution in [0.4, 0.5) is 26.3 Å². The molecule has 0 saturated heterocycles. The summed E-state index contributed by atoms with van der Waals surface area (Å²) < 4.78 is 85.7. The van der Waals surface area contributed by atoms with Crippen molar-refractivity contribution in [1.29, 1.82) is 0 Å². The lowest BCUT2D eigenvalue weighted by Gasteiger charge is -2.33. The van der Waals surface area contributed by atoms with Crippen molar-refractivity contribution in [2.75, 3.05) is 14.2 Å². The van der Waals surface area contributed by atoms with Crippen molar-refractivity contribution < 1.29 is 54.9 Å². The summed E-state index contributed by atoms with van der Waals surface area (Å²) >= 11 is 0. The fourth-order valence-corrected chi connectivity index (χ4v) is 2.42. The Bertz CT molecular complexity index is 435. The van der Waals surface area contributed by atoms with Gasteiger partial charge in [0.15, 0.2) is 0 Å². The van der Waals surface area contributed by atoms with Crippen molar-refractivity contribution in [2.24, 2.45) is 11.8 Å². The summed E-state index contributed by atoms with van der Waals surface area (Å²) in [6, 6.07) is 0. The van der Waals surface area contributed by atoms with Crippen LogP contribution < -0.4 is 0 Å². The molecule has 0 aromatic heterocycles. The Balaban J connectivity index is 0.000000260. The first kappa shape index (κ1) is 22.5. The Morgan fingerprint density at radius 2 is 0.962 bits per heavy atom. The van der Waals surface area contributed by atoms with E-state index in [0.717, 1.165) is 0 Å². The molecule has 2 fully saturated rings. The van der Waals surface area contributed by atoms with Crippen molar-refractivity contribution in [3.63, 3.8) is 0 Å². The third-order valence-electron chi connectivity index (χ3n) is 3.86. The summed E-state index contributed by atoms with van der Waals surface area (Å²) in [7, 11) is 2.42. The van der Waals surface area contributed by atoms with Crippen LogP contribution >= 0.6 is 0 Å². The largest absolute Gasteiger partial charge is 0.522 e. The molecule has 0 unspecified atom stereocenters. The van der Waals surface area contributed by atoms with Crippen LogP contribution in [0.3, 0.4) is 0 Å². The number of rotatable bonds is 4. The van der Waals surface area contributed by atoms with E-state index in [1.807, 2.05) is 0 Å². The van der Waals surface area contributed by atoms with Crippen LogP contribution in [-0.4, -0.2) is 51.1 Å². The molecule has 0 aromatic rings. The van der Waals surface area contributed by atoms with Crippen molar-refractivity contribution >= 4 is 11.9 Å². The third-order valence-corrected chi connectivity index (χ3v) is 3.86. The molecule has 0 aliphatic heterocycles. The van der Waals surface area contributed by atoms with Gasteiger partial charge in [-0.2, -0.15) is 0 Å². The molecule has 0 atom stereocenters. The zero-order chi connectivity index (χ0) is 20.1. The van der Waals surface area contributed by atoms with Crippen molar-refractivity contribution in [1.82, 2.24) is 0 Å². The first-order chi connectivity index (χ1) is 11.8. The predicted octanol–water partition coefficient (Wildman–Crippen LogP) is 2.95. The first-order valence-corrected chi connectivity index (χ1v) is 7.49. The third kappa shape index (κ3) is 7.77. The second-order valence-electron chi connectivity index (χ2n) is 5.75. The zero-order valence-electron chi connectivity index (χ0n) is 13.9. The molecule has 0 spiro atoms. The van der Waals surface area contributed by atoms with Crippen LogP contribution in [0.1, 0.15) is 25.7 Å². The van der Waals surface area contributed by atoms with E-state index < -0.39 is 48.7 Å². The van der Waals surface area contributed by atoms with Crippen molar-refractivity contribution in [3.05, 3.63) is 0 Å². The van der Waals surface area contributed by atoms with Gasteiger partial charge in [0.05, 0.1) is 38.3 Å². The second kappa shape index (κ2) is 8.89. The zero-order valence-corrected chi connectivity index (χ0v) is 13.9. The fraction of sp³-hybridized carbons (Fsp3) is 0.857. The molecule has 2 aliphatic rings. The Morgan fingerprint density at radius 1 is 0.692 bits per heavy atom. The van der Waals surface area contributed by atoms with Crippen molar-refractivity contribution in [3.8, 4) is 0 Å². The monoisotopic (exact) mass is 396 g/mol. The first-order valence-electron chi connectivity index (χ1n) is 7.49. The molecule has 0 bridgehead atoms. The average Bonchev–Trinajstić information content (AvgIpc) is 2.43. The molecule has 2 saturated carbocycles. The van der Waals surface area contributed by atoms with Gasteiger partial charge in [-0.3, -0.25) is 19.1 Å². The molecular weight excluding hydrogens is 378 g/mol. The standard InChI is InChI=1S/2C7H9F3O3/c2*1-12-6(11)4-2-5(3-4)13-7(8,9)10/h2*4-5H,2-3H2,1H3. The molecule has 0 heterocycles. The van der Waals surface area contributed by atoms with E-state index >= 15 is 0 Å². The van der Waals surface area contributed by atoms with Gasteiger partial charge in [-0.1, -0.05) is 0 Å². The summed E-state index contributed by atoms with van der Waals surface area (Å²) in [4.78, 5) is 21.5. The van der Waals surface area contributed by atoms with Gasteiger partial charge < -0.3 is 9.47 Å². The molecule has 26 heavy (non-hydrogen) atoms. The van der Waals surface area contributed by atoms with E-state index in [2.05, 4.69) is 18.9 Å².